The van der Waals surface area contributed by atoms with E-state index in [0.29, 0.717) is 18.7 Å². The van der Waals surface area contributed by atoms with Crippen LogP contribution in [0.2, 0.25) is 0 Å². The fourth-order valence-corrected chi connectivity index (χ4v) is 1.62. The van der Waals surface area contributed by atoms with Crippen LogP contribution in [-0.2, 0) is 4.79 Å². The summed E-state index contributed by atoms with van der Waals surface area (Å²) in [7, 11) is 0. The van der Waals surface area contributed by atoms with Crippen molar-refractivity contribution in [2.24, 2.45) is 11.5 Å². The van der Waals surface area contributed by atoms with Crippen molar-refractivity contribution in [2.45, 2.75) is 24.8 Å². The van der Waals surface area contributed by atoms with E-state index in [9.17, 15) is 4.79 Å². The molecule has 1 heterocycles. The molecule has 0 aromatic carbocycles. The van der Waals surface area contributed by atoms with Crippen LogP contribution in [0.25, 0.3) is 0 Å². The second-order valence-electron chi connectivity index (χ2n) is 3.66. The van der Waals surface area contributed by atoms with E-state index in [2.05, 4.69) is 4.98 Å². The summed E-state index contributed by atoms with van der Waals surface area (Å²) in [5.74, 6) is -1.28. The Labute approximate surface area is 94.5 Å². The van der Waals surface area contributed by atoms with Crippen LogP contribution in [0.5, 0.6) is 0 Å². The first kappa shape index (κ1) is 12.6. The van der Waals surface area contributed by atoms with Crippen LogP contribution < -0.4 is 11.5 Å². The number of carboxylic acid groups (broad SMARTS) is 1. The molecule has 2 atom stereocenters. The Balaban J connectivity index is 2.83. The average molecular weight is 223 g/mol. The molecule has 0 spiro atoms. The van der Waals surface area contributed by atoms with Gasteiger partial charge in [-0.2, -0.15) is 0 Å². The molecule has 5 N–H and O–H groups in total. The van der Waals surface area contributed by atoms with Crippen molar-refractivity contribution in [1.29, 1.82) is 0 Å². The largest absolute Gasteiger partial charge is 0.480 e. The van der Waals surface area contributed by atoms with Crippen LogP contribution in [0.1, 0.15) is 24.5 Å². The summed E-state index contributed by atoms with van der Waals surface area (Å²) in [5, 5.41) is 8.93. The minimum absolute atomic E-state index is 0.276. The van der Waals surface area contributed by atoms with Crippen LogP contribution in [-0.4, -0.2) is 28.6 Å². The molecule has 0 aliphatic heterocycles. The molecule has 16 heavy (non-hydrogen) atoms. The van der Waals surface area contributed by atoms with E-state index in [0.717, 1.165) is 6.42 Å². The van der Waals surface area contributed by atoms with Crippen molar-refractivity contribution in [3.05, 3.63) is 30.1 Å². The Morgan fingerprint density at radius 1 is 1.50 bits per heavy atom. The van der Waals surface area contributed by atoms with Gasteiger partial charge in [0.25, 0.3) is 0 Å². The molecular weight excluding hydrogens is 206 g/mol. The van der Waals surface area contributed by atoms with Gasteiger partial charge < -0.3 is 16.6 Å². The summed E-state index contributed by atoms with van der Waals surface area (Å²) in [4.78, 5) is 15.0. The molecule has 0 saturated carbocycles. The highest BCUT2D eigenvalue weighted by Gasteiger charge is 2.26. The number of nitrogens with zero attached hydrogens (tertiary/aromatic N) is 1. The number of carboxylic acids is 1. The molecule has 0 radical (unpaired) electrons. The van der Waals surface area contributed by atoms with Gasteiger partial charge in [-0.1, -0.05) is 6.07 Å². The molecule has 5 heteroatoms. The maximum atomic E-state index is 10.9. The van der Waals surface area contributed by atoms with E-state index in [1.54, 1.807) is 18.3 Å². The lowest BCUT2D eigenvalue weighted by Crippen LogP contribution is -2.37. The fraction of sp³-hybridized carbons (Fsp3) is 0.455. The van der Waals surface area contributed by atoms with Gasteiger partial charge in [-0.3, -0.25) is 9.78 Å². The number of rotatable bonds is 6. The Kier molecular flexibility index (Phi) is 4.88. The van der Waals surface area contributed by atoms with Gasteiger partial charge in [-0.05, 0) is 31.5 Å². The first-order chi connectivity index (χ1) is 7.66. The van der Waals surface area contributed by atoms with E-state index in [1.165, 1.54) is 0 Å². The van der Waals surface area contributed by atoms with Crippen LogP contribution in [0.3, 0.4) is 0 Å². The third kappa shape index (κ3) is 3.29. The normalized spacial score (nSPS) is 14.4. The first-order valence-electron chi connectivity index (χ1n) is 5.26. The van der Waals surface area contributed by atoms with Gasteiger partial charge in [-0.25, -0.2) is 0 Å². The van der Waals surface area contributed by atoms with Gasteiger partial charge in [0, 0.05) is 17.8 Å². The van der Waals surface area contributed by atoms with Gasteiger partial charge in [0.1, 0.15) is 6.04 Å². The molecule has 0 amide bonds. The van der Waals surface area contributed by atoms with Crippen molar-refractivity contribution in [1.82, 2.24) is 4.98 Å². The van der Waals surface area contributed by atoms with Crippen molar-refractivity contribution >= 4 is 5.97 Å². The van der Waals surface area contributed by atoms with E-state index in [4.69, 9.17) is 16.6 Å². The zero-order valence-corrected chi connectivity index (χ0v) is 9.04. The van der Waals surface area contributed by atoms with Gasteiger partial charge in [0.05, 0.1) is 0 Å². The van der Waals surface area contributed by atoms with Crippen LogP contribution >= 0.6 is 0 Å². The van der Waals surface area contributed by atoms with Gasteiger partial charge in [0.2, 0.25) is 0 Å². The summed E-state index contributed by atoms with van der Waals surface area (Å²) >= 11 is 0. The number of hydrogen-bond acceptors (Lipinski definition) is 4. The molecule has 88 valence electrons. The third-order valence-electron chi connectivity index (χ3n) is 2.51. The predicted molar refractivity (Wildman–Crippen MR) is 60.9 cm³/mol. The number of hydrogen-bond donors (Lipinski definition) is 3. The SMILES string of the molecule is NCCCC(c1ccccn1)[C@H](N)C(=O)O. The number of carbonyl (C=O) groups is 1. The van der Waals surface area contributed by atoms with Gasteiger partial charge in [-0.15, -0.1) is 0 Å². The van der Waals surface area contributed by atoms with Crippen molar-refractivity contribution in [3.63, 3.8) is 0 Å². The summed E-state index contributed by atoms with van der Waals surface area (Å²) in [5.41, 5.74) is 11.8. The molecule has 1 rings (SSSR count). The molecule has 0 bridgehead atoms. The first-order valence-corrected chi connectivity index (χ1v) is 5.26. The highest BCUT2D eigenvalue weighted by molar-refractivity contribution is 5.74. The molecule has 1 aromatic heterocycles. The quantitative estimate of drug-likeness (QED) is 0.644. The third-order valence-corrected chi connectivity index (χ3v) is 2.51. The Bertz CT molecular complexity index is 329. The molecule has 5 nitrogen and oxygen atoms in total. The summed E-state index contributed by atoms with van der Waals surface area (Å²) < 4.78 is 0. The average Bonchev–Trinajstić information content (AvgIpc) is 2.30. The molecule has 1 aromatic rings. The second-order valence-corrected chi connectivity index (χ2v) is 3.66. The fourth-order valence-electron chi connectivity index (χ4n) is 1.62. The smallest absolute Gasteiger partial charge is 0.321 e. The monoisotopic (exact) mass is 223 g/mol. The molecule has 0 aliphatic rings. The van der Waals surface area contributed by atoms with Crippen LogP contribution in [0, 0.1) is 0 Å². The number of nitrogens with two attached hydrogens (primary N) is 2. The van der Waals surface area contributed by atoms with Gasteiger partial charge >= 0.3 is 5.97 Å². The zero-order valence-electron chi connectivity index (χ0n) is 9.04. The van der Waals surface area contributed by atoms with E-state index >= 15 is 0 Å². The zero-order chi connectivity index (χ0) is 12.0. The summed E-state index contributed by atoms with van der Waals surface area (Å²) in [6, 6.07) is 4.48. The summed E-state index contributed by atoms with van der Waals surface area (Å²) in [6.07, 6.45) is 3.02. The van der Waals surface area contributed by atoms with E-state index in [1.807, 2.05) is 6.07 Å². The highest BCUT2D eigenvalue weighted by Crippen LogP contribution is 2.22. The standard InChI is InChI=1S/C11H17N3O2/c12-6-3-4-8(10(13)11(15)16)9-5-1-2-7-14-9/h1-2,5,7-8,10H,3-4,6,12-13H2,(H,15,16)/t8?,10-/m0/s1. The van der Waals surface area contributed by atoms with E-state index in [-0.39, 0.29) is 5.92 Å². The Morgan fingerprint density at radius 3 is 2.75 bits per heavy atom. The lowest BCUT2D eigenvalue weighted by molar-refractivity contribution is -0.139. The number of aliphatic carboxylic acids is 1. The number of pyridine rings is 1. The van der Waals surface area contributed by atoms with E-state index < -0.39 is 12.0 Å². The lowest BCUT2D eigenvalue weighted by atomic mass is 9.91. The predicted octanol–water partition coefficient (Wildman–Crippen LogP) is 0.316. The Hall–Kier alpha value is -1.46. The second kappa shape index (κ2) is 6.19. The Morgan fingerprint density at radius 2 is 2.25 bits per heavy atom. The topological polar surface area (TPSA) is 102 Å². The van der Waals surface area contributed by atoms with Crippen molar-refractivity contribution in [2.75, 3.05) is 6.54 Å². The maximum absolute atomic E-state index is 10.9. The van der Waals surface area contributed by atoms with Crippen molar-refractivity contribution in [3.8, 4) is 0 Å². The highest BCUT2D eigenvalue weighted by atomic mass is 16.4. The molecule has 1 unspecified atom stereocenters. The molecular formula is C11H17N3O2. The number of aromatic nitrogens is 1. The minimum Gasteiger partial charge on any atom is -0.480 e. The van der Waals surface area contributed by atoms with Gasteiger partial charge in [0.15, 0.2) is 0 Å². The van der Waals surface area contributed by atoms with Crippen molar-refractivity contribution < 1.29 is 9.90 Å². The summed E-state index contributed by atoms with van der Waals surface area (Å²) in [6.45, 7) is 0.523. The maximum Gasteiger partial charge on any atom is 0.321 e. The molecule has 0 aliphatic carbocycles. The molecule has 0 fully saturated rings. The van der Waals surface area contributed by atoms with Crippen LogP contribution in [0.15, 0.2) is 24.4 Å². The molecule has 0 saturated heterocycles. The van der Waals surface area contributed by atoms with Crippen LogP contribution in [0.4, 0.5) is 0 Å². The minimum atomic E-state index is -1.01. The lowest BCUT2D eigenvalue weighted by Gasteiger charge is -2.19.